The molecule has 0 unspecified atom stereocenters. The zero-order chi connectivity index (χ0) is 19.4. The summed E-state index contributed by atoms with van der Waals surface area (Å²) in [6, 6.07) is 17.8. The van der Waals surface area contributed by atoms with Crippen molar-refractivity contribution >= 4 is 12.2 Å². The number of hydrogen-bond donors (Lipinski definition) is 1. The van der Waals surface area contributed by atoms with Gasteiger partial charge in [-0.05, 0) is 74.4 Å². The number of phenolic OH excluding ortho intramolecular Hbond substituents is 1. The fourth-order valence-corrected chi connectivity index (χ4v) is 2.62. The molecule has 0 amide bonds. The molecule has 0 aliphatic carbocycles. The molecular formula is C23H23NO3. The average Bonchev–Trinajstić information content (AvgIpc) is 2.61. The van der Waals surface area contributed by atoms with E-state index in [0.717, 1.165) is 16.9 Å². The molecule has 1 aromatic heterocycles. The third-order valence-corrected chi connectivity index (χ3v) is 3.84. The molecule has 27 heavy (non-hydrogen) atoms. The van der Waals surface area contributed by atoms with Crippen LogP contribution in [-0.2, 0) is 0 Å². The molecule has 0 aliphatic rings. The molecule has 1 N–H and O–H groups in total. The summed E-state index contributed by atoms with van der Waals surface area (Å²) in [5.41, 5.74) is 2.21. The van der Waals surface area contributed by atoms with Crippen molar-refractivity contribution in [3.05, 3.63) is 88.3 Å². The molecule has 0 fully saturated rings. The summed E-state index contributed by atoms with van der Waals surface area (Å²) in [7, 11) is 0. The van der Waals surface area contributed by atoms with Crippen molar-refractivity contribution in [2.45, 2.75) is 26.4 Å². The minimum atomic E-state index is -0.223. The number of hydrogen-bond acceptors (Lipinski definition) is 3. The van der Waals surface area contributed by atoms with Gasteiger partial charge in [0.1, 0.15) is 17.1 Å². The standard InChI is InChI=1S/C23H23NO3/c1-23(2,3)27-21-12-6-17(7-13-21)4-5-18-14-15-24(22(26)16-18)19-8-10-20(25)11-9-19/h4-16,25H,1-3H3. The Morgan fingerprint density at radius 1 is 0.889 bits per heavy atom. The van der Waals surface area contributed by atoms with Gasteiger partial charge in [-0.2, -0.15) is 0 Å². The maximum absolute atomic E-state index is 12.4. The Balaban J connectivity index is 1.75. The number of nitrogens with zero attached hydrogens (tertiary/aromatic N) is 1. The second-order valence-electron chi connectivity index (χ2n) is 7.30. The topological polar surface area (TPSA) is 51.5 Å². The maximum Gasteiger partial charge on any atom is 0.255 e. The smallest absolute Gasteiger partial charge is 0.255 e. The molecule has 1 heterocycles. The largest absolute Gasteiger partial charge is 0.508 e. The van der Waals surface area contributed by atoms with Crippen molar-refractivity contribution in [1.82, 2.24) is 4.57 Å². The van der Waals surface area contributed by atoms with Crippen LogP contribution in [0.5, 0.6) is 11.5 Å². The van der Waals surface area contributed by atoms with E-state index in [4.69, 9.17) is 4.74 Å². The fourth-order valence-electron chi connectivity index (χ4n) is 2.62. The summed E-state index contributed by atoms with van der Waals surface area (Å²) in [5.74, 6) is 1.00. The molecule has 0 radical (unpaired) electrons. The van der Waals surface area contributed by atoms with E-state index < -0.39 is 0 Å². The third-order valence-electron chi connectivity index (χ3n) is 3.84. The Kier molecular flexibility index (Phi) is 5.17. The fraction of sp³-hybridized carbons (Fsp3) is 0.174. The van der Waals surface area contributed by atoms with Crippen molar-refractivity contribution in [1.29, 1.82) is 0 Å². The van der Waals surface area contributed by atoms with Crippen LogP contribution >= 0.6 is 0 Å². The Labute approximate surface area is 159 Å². The van der Waals surface area contributed by atoms with Gasteiger partial charge < -0.3 is 9.84 Å². The highest BCUT2D eigenvalue weighted by molar-refractivity contribution is 5.69. The number of rotatable bonds is 4. The van der Waals surface area contributed by atoms with Crippen LogP contribution in [0.1, 0.15) is 31.9 Å². The highest BCUT2D eigenvalue weighted by Gasteiger charge is 2.11. The van der Waals surface area contributed by atoms with Gasteiger partial charge in [0.15, 0.2) is 0 Å². The summed E-state index contributed by atoms with van der Waals surface area (Å²) < 4.78 is 7.35. The van der Waals surface area contributed by atoms with Crippen molar-refractivity contribution in [3.8, 4) is 17.2 Å². The molecule has 3 rings (SSSR count). The van der Waals surface area contributed by atoms with Crippen molar-refractivity contribution in [2.75, 3.05) is 0 Å². The summed E-state index contributed by atoms with van der Waals surface area (Å²) >= 11 is 0. The number of aromatic nitrogens is 1. The summed E-state index contributed by atoms with van der Waals surface area (Å²) in [4.78, 5) is 12.4. The lowest BCUT2D eigenvalue weighted by Gasteiger charge is -2.21. The molecule has 138 valence electrons. The lowest BCUT2D eigenvalue weighted by atomic mass is 10.1. The molecule has 2 aromatic carbocycles. The molecule has 0 bridgehead atoms. The first-order chi connectivity index (χ1) is 12.8. The lowest BCUT2D eigenvalue weighted by Crippen LogP contribution is -2.22. The van der Waals surface area contributed by atoms with Crippen LogP contribution in [0.25, 0.3) is 17.8 Å². The molecule has 0 saturated carbocycles. The minimum Gasteiger partial charge on any atom is -0.508 e. The first-order valence-corrected chi connectivity index (χ1v) is 8.79. The quantitative estimate of drug-likeness (QED) is 0.720. The molecule has 4 nitrogen and oxygen atoms in total. The van der Waals surface area contributed by atoms with Crippen LogP contribution in [0.2, 0.25) is 0 Å². The van der Waals surface area contributed by atoms with Crippen molar-refractivity contribution < 1.29 is 9.84 Å². The summed E-state index contributed by atoms with van der Waals surface area (Å²) in [5, 5.41) is 9.36. The van der Waals surface area contributed by atoms with Crippen LogP contribution in [0.4, 0.5) is 0 Å². The van der Waals surface area contributed by atoms with E-state index >= 15 is 0 Å². The van der Waals surface area contributed by atoms with E-state index in [9.17, 15) is 9.90 Å². The van der Waals surface area contributed by atoms with Gasteiger partial charge in [-0.15, -0.1) is 0 Å². The molecular weight excluding hydrogens is 338 g/mol. The van der Waals surface area contributed by atoms with Crippen molar-refractivity contribution in [2.24, 2.45) is 0 Å². The van der Waals surface area contributed by atoms with Crippen LogP contribution in [0, 0.1) is 0 Å². The van der Waals surface area contributed by atoms with Gasteiger partial charge >= 0.3 is 0 Å². The maximum atomic E-state index is 12.4. The summed E-state index contributed by atoms with van der Waals surface area (Å²) in [6.07, 6.45) is 5.59. The SMILES string of the molecule is CC(C)(C)Oc1ccc(C=Cc2ccn(-c3ccc(O)cc3)c(=O)c2)cc1. The molecule has 0 spiro atoms. The Morgan fingerprint density at radius 3 is 2.11 bits per heavy atom. The van der Waals surface area contributed by atoms with E-state index in [-0.39, 0.29) is 16.9 Å². The molecule has 3 aromatic rings. The third kappa shape index (κ3) is 5.11. The number of benzene rings is 2. The number of pyridine rings is 1. The second kappa shape index (κ2) is 7.54. The van der Waals surface area contributed by atoms with E-state index in [0.29, 0.717) is 5.69 Å². The van der Waals surface area contributed by atoms with Gasteiger partial charge in [0, 0.05) is 18.0 Å². The van der Waals surface area contributed by atoms with E-state index in [1.807, 2.05) is 63.3 Å². The number of aromatic hydroxyl groups is 1. The van der Waals surface area contributed by atoms with Crippen molar-refractivity contribution in [3.63, 3.8) is 0 Å². The van der Waals surface area contributed by atoms with Crippen LogP contribution in [-0.4, -0.2) is 15.3 Å². The molecule has 4 heteroatoms. The first kappa shape index (κ1) is 18.5. The van der Waals surface area contributed by atoms with Gasteiger partial charge in [0.25, 0.3) is 5.56 Å². The Morgan fingerprint density at radius 2 is 1.52 bits per heavy atom. The van der Waals surface area contributed by atoms with E-state index in [1.165, 1.54) is 4.57 Å². The van der Waals surface area contributed by atoms with Crippen LogP contribution in [0.3, 0.4) is 0 Å². The predicted octanol–water partition coefficient (Wildman–Crippen LogP) is 4.89. The molecule has 0 saturated heterocycles. The van der Waals surface area contributed by atoms with E-state index in [2.05, 4.69) is 0 Å². The molecule has 0 aliphatic heterocycles. The van der Waals surface area contributed by atoms with Gasteiger partial charge in [-0.1, -0.05) is 24.3 Å². The first-order valence-electron chi connectivity index (χ1n) is 8.79. The normalized spacial score (nSPS) is 11.7. The Hall–Kier alpha value is -3.27. The van der Waals surface area contributed by atoms with Gasteiger partial charge in [0.2, 0.25) is 0 Å². The minimum absolute atomic E-state index is 0.128. The number of ether oxygens (including phenoxy) is 1. The molecule has 0 atom stereocenters. The van der Waals surface area contributed by atoms with Crippen LogP contribution < -0.4 is 10.3 Å². The average molecular weight is 361 g/mol. The van der Waals surface area contributed by atoms with Crippen LogP contribution in [0.15, 0.2) is 71.7 Å². The predicted molar refractivity (Wildman–Crippen MR) is 109 cm³/mol. The Bertz CT molecular complexity index is 992. The monoisotopic (exact) mass is 361 g/mol. The van der Waals surface area contributed by atoms with Gasteiger partial charge in [-0.25, -0.2) is 0 Å². The van der Waals surface area contributed by atoms with E-state index in [1.54, 1.807) is 36.5 Å². The van der Waals surface area contributed by atoms with Gasteiger partial charge in [-0.3, -0.25) is 9.36 Å². The highest BCUT2D eigenvalue weighted by Crippen LogP contribution is 2.19. The summed E-state index contributed by atoms with van der Waals surface area (Å²) in [6.45, 7) is 6.05. The second-order valence-corrected chi connectivity index (χ2v) is 7.30. The number of phenols is 1. The van der Waals surface area contributed by atoms with Gasteiger partial charge in [0.05, 0.1) is 0 Å². The zero-order valence-electron chi connectivity index (χ0n) is 15.7. The highest BCUT2D eigenvalue weighted by atomic mass is 16.5. The lowest BCUT2D eigenvalue weighted by molar-refractivity contribution is 0.131. The zero-order valence-corrected chi connectivity index (χ0v) is 15.7.